The van der Waals surface area contributed by atoms with Crippen molar-refractivity contribution >= 4 is 0 Å². The van der Waals surface area contributed by atoms with E-state index in [2.05, 4.69) is 30.0 Å². The van der Waals surface area contributed by atoms with Crippen LogP contribution in [0, 0.1) is 13.8 Å². The first kappa shape index (κ1) is 11.9. The maximum absolute atomic E-state index is 5.53. The second kappa shape index (κ2) is 5.63. The molecule has 1 unspecified atom stereocenters. The summed E-state index contributed by atoms with van der Waals surface area (Å²) in [6.07, 6.45) is 5.63. The molecule has 1 aromatic heterocycles. The van der Waals surface area contributed by atoms with Gasteiger partial charge in [-0.05, 0) is 37.8 Å². The predicted octanol–water partition coefficient (Wildman–Crippen LogP) is 2.17. The minimum atomic E-state index is 0.114. The molecule has 0 radical (unpaired) electrons. The zero-order valence-corrected chi connectivity index (χ0v) is 9.46. The molecule has 15 heavy (non-hydrogen) atoms. The molecule has 0 spiro atoms. The highest BCUT2D eigenvalue weighted by Crippen LogP contribution is 2.19. The highest BCUT2D eigenvalue weighted by Gasteiger charge is 2.12. The van der Waals surface area contributed by atoms with Crippen molar-refractivity contribution in [1.82, 2.24) is 10.4 Å². The van der Waals surface area contributed by atoms with E-state index >= 15 is 0 Å². The Morgan fingerprint density at radius 3 is 2.87 bits per heavy atom. The number of pyridine rings is 1. The molecular weight excluding hydrogens is 186 g/mol. The van der Waals surface area contributed by atoms with Crippen molar-refractivity contribution in [2.45, 2.75) is 32.7 Å². The van der Waals surface area contributed by atoms with Crippen molar-refractivity contribution in [3.63, 3.8) is 0 Å². The van der Waals surface area contributed by atoms with Gasteiger partial charge < -0.3 is 0 Å². The number of aromatic nitrogens is 1. The van der Waals surface area contributed by atoms with E-state index in [0.29, 0.717) is 0 Å². The minimum Gasteiger partial charge on any atom is -0.271 e. The third-order valence-electron chi connectivity index (χ3n) is 2.45. The van der Waals surface area contributed by atoms with Crippen LogP contribution in [0.25, 0.3) is 0 Å². The van der Waals surface area contributed by atoms with E-state index in [-0.39, 0.29) is 6.04 Å². The SMILES string of the molecule is C=CCCC(NN)c1ncc(C)cc1C. The Morgan fingerprint density at radius 1 is 1.60 bits per heavy atom. The molecule has 0 saturated heterocycles. The Kier molecular flexibility index (Phi) is 4.46. The van der Waals surface area contributed by atoms with Gasteiger partial charge in [-0.1, -0.05) is 12.1 Å². The molecule has 0 aliphatic carbocycles. The molecule has 0 aromatic carbocycles. The molecule has 1 atom stereocenters. The number of nitrogens with one attached hydrogen (secondary N) is 1. The first-order valence-corrected chi connectivity index (χ1v) is 5.19. The van der Waals surface area contributed by atoms with Crippen LogP contribution in [0.4, 0.5) is 0 Å². The van der Waals surface area contributed by atoms with Crippen LogP contribution in [0.15, 0.2) is 24.9 Å². The molecule has 0 aliphatic heterocycles. The summed E-state index contributed by atoms with van der Waals surface area (Å²) in [5.41, 5.74) is 6.19. The number of hydrazine groups is 1. The number of hydrogen-bond acceptors (Lipinski definition) is 3. The van der Waals surface area contributed by atoms with Gasteiger partial charge in [0.1, 0.15) is 0 Å². The molecule has 0 bridgehead atoms. The van der Waals surface area contributed by atoms with Crippen molar-refractivity contribution in [3.8, 4) is 0 Å². The molecule has 1 aromatic rings. The van der Waals surface area contributed by atoms with Gasteiger partial charge >= 0.3 is 0 Å². The molecule has 3 nitrogen and oxygen atoms in total. The van der Waals surface area contributed by atoms with Crippen LogP contribution < -0.4 is 11.3 Å². The van der Waals surface area contributed by atoms with E-state index in [1.165, 1.54) is 11.1 Å². The largest absolute Gasteiger partial charge is 0.271 e. The molecule has 1 rings (SSSR count). The maximum Gasteiger partial charge on any atom is 0.0637 e. The summed E-state index contributed by atoms with van der Waals surface area (Å²) < 4.78 is 0. The normalized spacial score (nSPS) is 12.5. The first-order valence-electron chi connectivity index (χ1n) is 5.19. The van der Waals surface area contributed by atoms with Crippen molar-refractivity contribution in [1.29, 1.82) is 0 Å². The lowest BCUT2D eigenvalue weighted by Gasteiger charge is -2.16. The van der Waals surface area contributed by atoms with Gasteiger partial charge in [0.25, 0.3) is 0 Å². The van der Waals surface area contributed by atoms with Gasteiger partial charge in [-0.2, -0.15) is 0 Å². The van der Waals surface area contributed by atoms with Gasteiger partial charge in [0.2, 0.25) is 0 Å². The summed E-state index contributed by atoms with van der Waals surface area (Å²) in [4.78, 5) is 4.43. The summed E-state index contributed by atoms with van der Waals surface area (Å²) in [6.45, 7) is 7.81. The Bertz CT molecular complexity index is 334. The number of nitrogens with zero attached hydrogens (tertiary/aromatic N) is 1. The fourth-order valence-electron chi connectivity index (χ4n) is 1.67. The molecule has 1 heterocycles. The highest BCUT2D eigenvalue weighted by atomic mass is 15.2. The minimum absolute atomic E-state index is 0.114. The Balaban J connectivity index is 2.86. The molecule has 3 N–H and O–H groups in total. The lowest BCUT2D eigenvalue weighted by atomic mass is 10.0. The average Bonchev–Trinajstić information content (AvgIpc) is 2.21. The second-order valence-electron chi connectivity index (χ2n) is 3.80. The van der Waals surface area contributed by atoms with E-state index < -0.39 is 0 Å². The number of nitrogens with two attached hydrogens (primary N) is 1. The summed E-state index contributed by atoms with van der Waals surface area (Å²) in [7, 11) is 0. The van der Waals surface area contributed by atoms with Crippen LogP contribution in [-0.2, 0) is 0 Å². The number of rotatable bonds is 5. The van der Waals surface area contributed by atoms with Gasteiger partial charge in [0.05, 0.1) is 11.7 Å². The smallest absolute Gasteiger partial charge is 0.0637 e. The monoisotopic (exact) mass is 205 g/mol. The average molecular weight is 205 g/mol. The molecule has 0 aliphatic rings. The lowest BCUT2D eigenvalue weighted by molar-refractivity contribution is 0.506. The summed E-state index contributed by atoms with van der Waals surface area (Å²) in [5.74, 6) is 5.53. The highest BCUT2D eigenvalue weighted by molar-refractivity contribution is 5.25. The van der Waals surface area contributed by atoms with Crippen molar-refractivity contribution in [2.75, 3.05) is 0 Å². The van der Waals surface area contributed by atoms with Crippen LogP contribution in [0.2, 0.25) is 0 Å². The van der Waals surface area contributed by atoms with Gasteiger partial charge in [-0.3, -0.25) is 16.3 Å². The molecule has 0 amide bonds. The summed E-state index contributed by atoms with van der Waals surface area (Å²) >= 11 is 0. The van der Waals surface area contributed by atoms with Crippen LogP contribution in [-0.4, -0.2) is 4.98 Å². The van der Waals surface area contributed by atoms with Gasteiger partial charge in [-0.15, -0.1) is 6.58 Å². The molecule has 82 valence electrons. The first-order chi connectivity index (χ1) is 7.19. The standard InChI is InChI=1S/C12H19N3/c1-4-5-6-11(15-13)12-10(3)7-9(2)8-14-12/h4,7-8,11,15H,1,5-6,13H2,2-3H3. The molecule has 0 fully saturated rings. The summed E-state index contributed by atoms with van der Waals surface area (Å²) in [6, 6.07) is 2.24. The lowest BCUT2D eigenvalue weighted by Crippen LogP contribution is -2.29. The van der Waals surface area contributed by atoms with Crippen LogP contribution in [0.3, 0.4) is 0 Å². The van der Waals surface area contributed by atoms with Gasteiger partial charge in [-0.25, -0.2) is 0 Å². The van der Waals surface area contributed by atoms with Crippen LogP contribution in [0.5, 0.6) is 0 Å². The molecule has 3 heteroatoms. The van der Waals surface area contributed by atoms with E-state index in [1.54, 1.807) is 0 Å². The molecule has 0 saturated carbocycles. The third kappa shape index (κ3) is 3.15. The third-order valence-corrected chi connectivity index (χ3v) is 2.45. The van der Waals surface area contributed by atoms with E-state index in [1.807, 2.05) is 19.2 Å². The maximum atomic E-state index is 5.53. The summed E-state index contributed by atoms with van der Waals surface area (Å²) in [5, 5.41) is 0. The Labute approximate surface area is 91.4 Å². The zero-order chi connectivity index (χ0) is 11.3. The number of aryl methyl sites for hydroxylation is 2. The second-order valence-corrected chi connectivity index (χ2v) is 3.80. The van der Waals surface area contributed by atoms with E-state index in [4.69, 9.17) is 5.84 Å². The van der Waals surface area contributed by atoms with Crippen molar-refractivity contribution in [2.24, 2.45) is 5.84 Å². The molecular formula is C12H19N3. The fraction of sp³-hybridized carbons (Fsp3) is 0.417. The quantitative estimate of drug-likeness (QED) is 0.440. The van der Waals surface area contributed by atoms with E-state index in [0.717, 1.165) is 18.5 Å². The van der Waals surface area contributed by atoms with Gasteiger partial charge in [0.15, 0.2) is 0 Å². The fourth-order valence-corrected chi connectivity index (χ4v) is 1.67. The number of hydrogen-bond donors (Lipinski definition) is 2. The van der Waals surface area contributed by atoms with E-state index in [9.17, 15) is 0 Å². The van der Waals surface area contributed by atoms with Crippen LogP contribution >= 0.6 is 0 Å². The Hall–Kier alpha value is -1.19. The zero-order valence-electron chi connectivity index (χ0n) is 9.46. The van der Waals surface area contributed by atoms with Gasteiger partial charge in [0, 0.05) is 6.20 Å². The Morgan fingerprint density at radius 2 is 2.33 bits per heavy atom. The van der Waals surface area contributed by atoms with Crippen LogP contribution in [0.1, 0.15) is 35.7 Å². The van der Waals surface area contributed by atoms with Crippen molar-refractivity contribution < 1.29 is 0 Å². The number of allylic oxidation sites excluding steroid dienone is 1. The van der Waals surface area contributed by atoms with Crippen molar-refractivity contribution in [3.05, 3.63) is 41.7 Å². The predicted molar refractivity (Wildman–Crippen MR) is 63.2 cm³/mol. The topological polar surface area (TPSA) is 50.9 Å².